The van der Waals surface area contributed by atoms with Gasteiger partial charge in [-0.3, -0.25) is 0 Å². The van der Waals surface area contributed by atoms with Crippen LogP contribution in [0.4, 0.5) is 17.1 Å². The Labute approximate surface area is 136 Å². The van der Waals surface area contributed by atoms with Gasteiger partial charge in [0.15, 0.2) is 0 Å². The fraction of sp³-hybridized carbons (Fsp3) is 0.143. The summed E-state index contributed by atoms with van der Waals surface area (Å²) in [6.07, 6.45) is 0. The van der Waals surface area contributed by atoms with Gasteiger partial charge in [0, 0.05) is 16.7 Å². The number of benzene rings is 3. The molecule has 0 saturated carbocycles. The zero-order valence-corrected chi connectivity index (χ0v) is 13.3. The molecule has 1 aliphatic heterocycles. The second kappa shape index (κ2) is 4.88. The minimum Gasteiger partial charge on any atom is -0.508 e. The minimum atomic E-state index is -0.247. The molecule has 3 aromatic carbocycles. The van der Waals surface area contributed by atoms with Gasteiger partial charge >= 0.3 is 0 Å². The van der Waals surface area contributed by atoms with Gasteiger partial charge in [0.05, 0.1) is 11.4 Å². The zero-order valence-electron chi connectivity index (χ0n) is 13.3. The molecule has 23 heavy (non-hydrogen) atoms. The average molecular weight is 301 g/mol. The summed E-state index contributed by atoms with van der Waals surface area (Å²) in [5.41, 5.74) is 5.26. The van der Waals surface area contributed by atoms with Crippen molar-refractivity contribution in [1.82, 2.24) is 0 Å². The number of anilines is 3. The predicted molar refractivity (Wildman–Crippen MR) is 94.9 cm³/mol. The quantitative estimate of drug-likeness (QED) is 0.641. The summed E-state index contributed by atoms with van der Waals surface area (Å²) in [7, 11) is 0. The lowest BCUT2D eigenvalue weighted by molar-refractivity contribution is 0.452. The molecule has 1 N–H and O–H groups in total. The number of aromatic hydroxyl groups is 1. The summed E-state index contributed by atoms with van der Waals surface area (Å²) in [5, 5.41) is 10.6. The Hall–Kier alpha value is -2.74. The van der Waals surface area contributed by atoms with Crippen molar-refractivity contribution < 1.29 is 5.11 Å². The van der Waals surface area contributed by atoms with E-state index in [1.165, 1.54) is 11.3 Å². The van der Waals surface area contributed by atoms with Crippen molar-refractivity contribution >= 4 is 17.1 Å². The third-order valence-corrected chi connectivity index (χ3v) is 4.72. The fourth-order valence-corrected chi connectivity index (χ4v) is 3.67. The molecule has 0 spiro atoms. The van der Waals surface area contributed by atoms with E-state index in [4.69, 9.17) is 0 Å². The lowest BCUT2D eigenvalue weighted by atomic mass is 9.73. The molecule has 4 rings (SSSR count). The Kier molecular flexibility index (Phi) is 2.95. The molecule has 114 valence electrons. The van der Waals surface area contributed by atoms with Crippen LogP contribution in [-0.2, 0) is 5.41 Å². The minimum absolute atomic E-state index is 0.247. The van der Waals surface area contributed by atoms with Gasteiger partial charge in [-0.05, 0) is 35.9 Å². The third-order valence-electron chi connectivity index (χ3n) is 4.72. The third kappa shape index (κ3) is 1.95. The van der Waals surface area contributed by atoms with Gasteiger partial charge in [0.25, 0.3) is 0 Å². The van der Waals surface area contributed by atoms with Crippen LogP contribution in [0.1, 0.15) is 25.0 Å². The Bertz CT molecular complexity index is 868. The average Bonchev–Trinajstić information content (AvgIpc) is 2.56. The Morgan fingerprint density at radius 2 is 1.39 bits per heavy atom. The molecule has 0 aliphatic carbocycles. The van der Waals surface area contributed by atoms with Gasteiger partial charge in [-0.2, -0.15) is 0 Å². The monoisotopic (exact) mass is 301 g/mol. The summed E-state index contributed by atoms with van der Waals surface area (Å²) in [5.74, 6) is 0.350. The van der Waals surface area contributed by atoms with Gasteiger partial charge < -0.3 is 10.0 Å². The maximum atomic E-state index is 10.6. The van der Waals surface area contributed by atoms with Crippen LogP contribution in [-0.4, -0.2) is 5.11 Å². The predicted octanol–water partition coefficient (Wildman–Crippen LogP) is 5.50. The first-order valence-electron chi connectivity index (χ1n) is 7.88. The van der Waals surface area contributed by atoms with Gasteiger partial charge in [-0.15, -0.1) is 0 Å². The number of nitrogens with zero attached hydrogens (tertiary/aromatic N) is 1. The van der Waals surface area contributed by atoms with Gasteiger partial charge in [-0.25, -0.2) is 0 Å². The molecule has 0 aromatic heterocycles. The molecule has 0 fully saturated rings. The van der Waals surface area contributed by atoms with Crippen LogP contribution in [0.5, 0.6) is 5.75 Å². The van der Waals surface area contributed by atoms with E-state index >= 15 is 0 Å². The van der Waals surface area contributed by atoms with Crippen molar-refractivity contribution in [3.63, 3.8) is 0 Å². The maximum Gasteiger partial charge on any atom is 0.121 e. The molecule has 0 bridgehead atoms. The Morgan fingerprint density at radius 1 is 0.739 bits per heavy atom. The van der Waals surface area contributed by atoms with Crippen LogP contribution in [0.3, 0.4) is 0 Å². The van der Waals surface area contributed by atoms with Crippen LogP contribution in [0.25, 0.3) is 0 Å². The molecule has 0 saturated heterocycles. The molecule has 3 aromatic rings. The Balaban J connectivity index is 2.08. The lowest BCUT2D eigenvalue weighted by Gasteiger charge is -2.42. The van der Waals surface area contributed by atoms with E-state index in [2.05, 4.69) is 61.2 Å². The first-order chi connectivity index (χ1) is 11.1. The van der Waals surface area contributed by atoms with Gasteiger partial charge in [0.2, 0.25) is 0 Å². The van der Waals surface area contributed by atoms with E-state index in [1.54, 1.807) is 6.07 Å². The van der Waals surface area contributed by atoms with Crippen LogP contribution in [0, 0.1) is 0 Å². The molecule has 2 heteroatoms. The number of para-hydroxylation sites is 2. The van der Waals surface area contributed by atoms with Crippen LogP contribution >= 0.6 is 0 Å². The highest BCUT2D eigenvalue weighted by atomic mass is 16.3. The summed E-state index contributed by atoms with van der Waals surface area (Å²) >= 11 is 0. The van der Waals surface area contributed by atoms with E-state index < -0.39 is 0 Å². The normalized spacial score (nSPS) is 15.0. The topological polar surface area (TPSA) is 23.5 Å². The summed E-state index contributed by atoms with van der Waals surface area (Å²) in [4.78, 5) is 2.23. The highest BCUT2D eigenvalue weighted by Crippen LogP contribution is 2.54. The Morgan fingerprint density at radius 3 is 2.17 bits per heavy atom. The van der Waals surface area contributed by atoms with Crippen LogP contribution in [0.2, 0.25) is 0 Å². The largest absolute Gasteiger partial charge is 0.508 e. The van der Waals surface area contributed by atoms with Crippen molar-refractivity contribution in [1.29, 1.82) is 0 Å². The second-order valence-corrected chi connectivity index (χ2v) is 6.48. The van der Waals surface area contributed by atoms with Gasteiger partial charge in [-0.1, -0.05) is 56.3 Å². The molecule has 0 unspecified atom stereocenters. The second-order valence-electron chi connectivity index (χ2n) is 6.48. The van der Waals surface area contributed by atoms with E-state index in [0.29, 0.717) is 5.75 Å². The fourth-order valence-electron chi connectivity index (χ4n) is 3.67. The zero-order chi connectivity index (χ0) is 16.0. The highest BCUT2D eigenvalue weighted by Gasteiger charge is 2.38. The molecule has 2 nitrogen and oxygen atoms in total. The molecule has 0 atom stereocenters. The van der Waals surface area contributed by atoms with Crippen molar-refractivity contribution in [3.8, 4) is 5.75 Å². The SMILES string of the molecule is CC1(C)c2ccccc2N(c2ccccc2)c2cccc(O)c21. The molecule has 0 amide bonds. The number of hydrogen-bond acceptors (Lipinski definition) is 2. The molecular weight excluding hydrogens is 282 g/mol. The summed E-state index contributed by atoms with van der Waals surface area (Å²) in [6, 6.07) is 24.5. The molecule has 1 aliphatic rings. The summed E-state index contributed by atoms with van der Waals surface area (Å²) in [6.45, 7) is 4.35. The number of phenols is 1. The number of phenolic OH excluding ortho intramolecular Hbond substituents is 1. The maximum absolute atomic E-state index is 10.6. The van der Waals surface area contributed by atoms with Crippen LogP contribution < -0.4 is 4.90 Å². The first kappa shape index (κ1) is 13.9. The van der Waals surface area contributed by atoms with Crippen molar-refractivity contribution in [2.75, 3.05) is 4.90 Å². The van der Waals surface area contributed by atoms with Crippen LogP contribution in [0.15, 0.2) is 72.8 Å². The summed E-state index contributed by atoms with van der Waals surface area (Å²) < 4.78 is 0. The van der Waals surface area contributed by atoms with Crippen molar-refractivity contribution in [2.45, 2.75) is 19.3 Å². The van der Waals surface area contributed by atoms with E-state index in [-0.39, 0.29) is 5.41 Å². The number of rotatable bonds is 1. The molecule has 0 radical (unpaired) electrons. The number of fused-ring (bicyclic) bond motifs is 2. The lowest BCUT2D eigenvalue weighted by Crippen LogP contribution is -2.30. The van der Waals surface area contributed by atoms with E-state index in [9.17, 15) is 5.11 Å². The van der Waals surface area contributed by atoms with Crippen molar-refractivity contribution in [3.05, 3.63) is 83.9 Å². The van der Waals surface area contributed by atoms with E-state index in [1.807, 2.05) is 24.3 Å². The van der Waals surface area contributed by atoms with Crippen molar-refractivity contribution in [2.24, 2.45) is 0 Å². The number of hydrogen-bond donors (Lipinski definition) is 1. The molecular formula is C21H19NO. The van der Waals surface area contributed by atoms with Gasteiger partial charge in [0.1, 0.15) is 5.75 Å². The molecule has 1 heterocycles. The standard InChI is InChI=1S/C21H19NO/c1-21(2)16-11-6-7-12-17(16)22(15-9-4-3-5-10-15)18-13-8-14-19(23)20(18)21/h3-14,23H,1-2H3. The first-order valence-corrected chi connectivity index (χ1v) is 7.88. The smallest absolute Gasteiger partial charge is 0.121 e. The highest BCUT2D eigenvalue weighted by molar-refractivity contribution is 5.87. The van der Waals surface area contributed by atoms with E-state index in [0.717, 1.165) is 16.9 Å².